The van der Waals surface area contributed by atoms with Gasteiger partial charge in [0.25, 0.3) is 0 Å². The summed E-state index contributed by atoms with van der Waals surface area (Å²) in [4.78, 5) is 34.9. The van der Waals surface area contributed by atoms with Gasteiger partial charge in [-0.3, -0.25) is 9.59 Å². The van der Waals surface area contributed by atoms with Crippen LogP contribution in [-0.4, -0.2) is 43.1 Å². The Kier molecular flexibility index (Phi) is 4.90. The highest BCUT2D eigenvalue weighted by atomic mass is 16.6. The highest BCUT2D eigenvalue weighted by Crippen LogP contribution is 2.38. The maximum absolute atomic E-state index is 11.8. The van der Waals surface area contributed by atoms with Gasteiger partial charge >= 0.3 is 11.9 Å². The molecule has 2 heterocycles. The number of ether oxygens (including phenoxy) is 3. The number of esters is 2. The van der Waals surface area contributed by atoms with Crippen molar-refractivity contribution in [2.45, 2.75) is 45.0 Å². The molecule has 0 spiro atoms. The van der Waals surface area contributed by atoms with E-state index in [2.05, 4.69) is 6.58 Å². The summed E-state index contributed by atoms with van der Waals surface area (Å²) in [5.74, 6) is -1.09. The molecule has 4 atom stereocenters. The number of fused-ring (bicyclic) bond motifs is 2. The zero-order valence-electron chi connectivity index (χ0n) is 14.4. The third kappa shape index (κ3) is 3.74. The molecule has 0 saturated carbocycles. The smallest absolute Gasteiger partial charge is 0.334 e. The van der Waals surface area contributed by atoms with Crippen LogP contribution in [0.5, 0.6) is 0 Å². The Morgan fingerprint density at radius 2 is 2.24 bits per heavy atom. The number of allylic oxidation sites excluding steroid dienone is 1. The van der Waals surface area contributed by atoms with Gasteiger partial charge in [-0.2, -0.15) is 0 Å². The van der Waals surface area contributed by atoms with Crippen molar-refractivity contribution < 1.29 is 28.6 Å². The molecule has 134 valence electrons. The van der Waals surface area contributed by atoms with E-state index in [4.69, 9.17) is 14.2 Å². The van der Waals surface area contributed by atoms with Crippen molar-refractivity contribution in [1.82, 2.24) is 0 Å². The van der Waals surface area contributed by atoms with Gasteiger partial charge in [0.15, 0.2) is 0 Å². The Hall–Kier alpha value is -2.21. The molecule has 2 saturated heterocycles. The minimum atomic E-state index is -0.415. The first-order chi connectivity index (χ1) is 11.9. The molecule has 0 N–H and O–H groups in total. The molecule has 0 radical (unpaired) electrons. The molecule has 2 fully saturated rings. The van der Waals surface area contributed by atoms with E-state index >= 15 is 0 Å². The Balaban J connectivity index is 1.81. The number of aldehydes is 1. The van der Waals surface area contributed by atoms with Gasteiger partial charge < -0.3 is 14.2 Å². The van der Waals surface area contributed by atoms with Crippen molar-refractivity contribution in [3.63, 3.8) is 0 Å². The van der Waals surface area contributed by atoms with Gasteiger partial charge in [0.1, 0.15) is 31.2 Å². The molecule has 6 nitrogen and oxygen atoms in total. The van der Waals surface area contributed by atoms with Gasteiger partial charge in [0.05, 0.1) is 5.92 Å². The van der Waals surface area contributed by atoms with Crippen LogP contribution in [0.3, 0.4) is 0 Å². The molecule has 0 aromatic carbocycles. The van der Waals surface area contributed by atoms with Crippen molar-refractivity contribution in [1.29, 1.82) is 0 Å². The molecule has 1 aliphatic carbocycles. The predicted molar refractivity (Wildman–Crippen MR) is 88.4 cm³/mol. The van der Waals surface area contributed by atoms with Gasteiger partial charge in [-0.1, -0.05) is 26.5 Å². The third-order valence-electron chi connectivity index (χ3n) is 4.76. The first-order valence-electron chi connectivity index (χ1n) is 8.47. The average Bonchev–Trinajstić information content (AvgIpc) is 3.28. The maximum Gasteiger partial charge on any atom is 0.334 e. The summed E-state index contributed by atoms with van der Waals surface area (Å²) in [5.41, 5.74) is 1.80. The zero-order chi connectivity index (χ0) is 18.1. The van der Waals surface area contributed by atoms with Crippen molar-refractivity contribution in [2.75, 3.05) is 6.61 Å². The molecular weight excluding hydrogens is 324 g/mol. The Bertz CT molecular complexity index is 671. The fraction of sp³-hybridized carbons (Fsp3) is 0.526. The fourth-order valence-corrected chi connectivity index (χ4v) is 3.15. The summed E-state index contributed by atoms with van der Waals surface area (Å²) in [6.45, 7) is 7.51. The standard InChI is InChI=1S/C19H22O6/c1-10(2)18(21)23-9-13-4-5-14-11(3)19(22)25-15(14)6-12(8-20)7-16-17(13)24-16/h4,7-8,10,14-17H,3,5-6,9H2,1-2H3/b12-7-,13-4+/t14-,15+,16+,17+/m0/s1. The molecular formula is C19H22O6. The fourth-order valence-electron chi connectivity index (χ4n) is 3.15. The molecule has 3 aliphatic rings. The first kappa shape index (κ1) is 17.6. The average molecular weight is 346 g/mol. The second-order valence-electron chi connectivity index (χ2n) is 6.94. The SMILES string of the molecule is C=C1C(=O)O[C@@H]2C/C(C=O)=C/[C@H]3O[C@@H]3/C(COC(=O)C(C)C)=C/C[C@@H]12. The van der Waals surface area contributed by atoms with Crippen LogP contribution in [0.25, 0.3) is 0 Å². The molecule has 0 aromatic rings. The number of carbonyl (C=O) groups excluding carboxylic acids is 3. The summed E-state index contributed by atoms with van der Waals surface area (Å²) < 4.78 is 16.3. The van der Waals surface area contributed by atoms with Crippen LogP contribution in [0.15, 0.2) is 35.5 Å². The second kappa shape index (κ2) is 6.96. The Labute approximate surface area is 146 Å². The van der Waals surface area contributed by atoms with E-state index in [0.29, 0.717) is 24.0 Å². The van der Waals surface area contributed by atoms with E-state index in [9.17, 15) is 14.4 Å². The van der Waals surface area contributed by atoms with E-state index in [1.165, 1.54) is 0 Å². The van der Waals surface area contributed by atoms with Crippen LogP contribution in [0.2, 0.25) is 0 Å². The minimum Gasteiger partial charge on any atom is -0.461 e. The van der Waals surface area contributed by atoms with E-state index in [0.717, 1.165) is 11.9 Å². The number of carbonyl (C=O) groups is 3. The molecule has 6 heteroatoms. The molecule has 0 unspecified atom stereocenters. The summed E-state index contributed by atoms with van der Waals surface area (Å²) >= 11 is 0. The Morgan fingerprint density at radius 3 is 2.92 bits per heavy atom. The van der Waals surface area contributed by atoms with Crippen LogP contribution in [0, 0.1) is 11.8 Å². The minimum absolute atomic E-state index is 0.140. The van der Waals surface area contributed by atoms with Crippen LogP contribution in [-0.2, 0) is 28.6 Å². The van der Waals surface area contributed by atoms with Crippen molar-refractivity contribution in [3.8, 4) is 0 Å². The van der Waals surface area contributed by atoms with Crippen molar-refractivity contribution >= 4 is 18.2 Å². The second-order valence-corrected chi connectivity index (χ2v) is 6.94. The van der Waals surface area contributed by atoms with Crippen LogP contribution >= 0.6 is 0 Å². The lowest BCUT2D eigenvalue weighted by Crippen LogP contribution is -2.20. The number of hydrogen-bond donors (Lipinski definition) is 0. The lowest BCUT2D eigenvalue weighted by atomic mass is 9.88. The molecule has 0 amide bonds. The number of rotatable bonds is 4. The van der Waals surface area contributed by atoms with Crippen LogP contribution in [0.4, 0.5) is 0 Å². The first-order valence-corrected chi connectivity index (χ1v) is 8.47. The lowest BCUT2D eigenvalue weighted by Gasteiger charge is -2.18. The van der Waals surface area contributed by atoms with Gasteiger partial charge in [-0.25, -0.2) is 4.79 Å². The third-order valence-corrected chi connectivity index (χ3v) is 4.76. The number of epoxide rings is 1. The Morgan fingerprint density at radius 1 is 1.48 bits per heavy atom. The predicted octanol–water partition coefficient (Wildman–Crippen LogP) is 1.90. The molecule has 0 bridgehead atoms. The molecule has 25 heavy (non-hydrogen) atoms. The van der Waals surface area contributed by atoms with Gasteiger partial charge in [-0.15, -0.1) is 0 Å². The summed E-state index contributed by atoms with van der Waals surface area (Å²) in [6, 6.07) is 0. The summed E-state index contributed by atoms with van der Waals surface area (Å²) in [5, 5.41) is 0. The van der Waals surface area contributed by atoms with E-state index in [1.807, 2.05) is 6.08 Å². The normalized spacial score (nSPS) is 35.5. The van der Waals surface area contributed by atoms with Crippen molar-refractivity contribution in [3.05, 3.63) is 35.5 Å². The largest absolute Gasteiger partial charge is 0.461 e. The molecule has 3 rings (SSSR count). The lowest BCUT2D eigenvalue weighted by molar-refractivity contribution is -0.146. The van der Waals surface area contributed by atoms with Gasteiger partial charge in [-0.05, 0) is 23.6 Å². The summed E-state index contributed by atoms with van der Waals surface area (Å²) in [6.07, 6.45) is 4.56. The van der Waals surface area contributed by atoms with Gasteiger partial charge in [0, 0.05) is 17.9 Å². The van der Waals surface area contributed by atoms with Crippen LogP contribution < -0.4 is 0 Å². The molecule has 0 aromatic heterocycles. The highest BCUT2D eigenvalue weighted by molar-refractivity contribution is 5.91. The molecule has 2 aliphatic heterocycles. The zero-order valence-corrected chi connectivity index (χ0v) is 14.4. The van der Waals surface area contributed by atoms with E-state index in [1.54, 1.807) is 19.9 Å². The van der Waals surface area contributed by atoms with Crippen molar-refractivity contribution in [2.24, 2.45) is 11.8 Å². The number of hydrogen-bond acceptors (Lipinski definition) is 6. The van der Waals surface area contributed by atoms with Crippen LogP contribution in [0.1, 0.15) is 26.7 Å². The topological polar surface area (TPSA) is 82.2 Å². The van der Waals surface area contributed by atoms with Gasteiger partial charge in [0.2, 0.25) is 0 Å². The quantitative estimate of drug-likeness (QED) is 0.254. The summed E-state index contributed by atoms with van der Waals surface area (Å²) in [7, 11) is 0. The monoisotopic (exact) mass is 346 g/mol. The maximum atomic E-state index is 11.8. The van der Waals surface area contributed by atoms with E-state index < -0.39 is 12.1 Å². The highest BCUT2D eigenvalue weighted by Gasteiger charge is 2.44. The van der Waals surface area contributed by atoms with E-state index in [-0.39, 0.29) is 36.6 Å².